The Balaban J connectivity index is 1.65. The summed E-state index contributed by atoms with van der Waals surface area (Å²) in [4.78, 5) is 2.49. The number of methoxy groups -OCH3 is 1. The van der Waals surface area contributed by atoms with E-state index in [0.717, 1.165) is 11.4 Å². The fourth-order valence-corrected chi connectivity index (χ4v) is 4.51. The number of nitrogens with zero attached hydrogens (tertiary/aromatic N) is 2. The second-order valence-corrected chi connectivity index (χ2v) is 8.67. The van der Waals surface area contributed by atoms with Crippen molar-refractivity contribution in [3.8, 4) is 11.5 Å². The van der Waals surface area contributed by atoms with E-state index in [9.17, 15) is 8.42 Å². The lowest BCUT2D eigenvalue weighted by Gasteiger charge is -2.35. The minimum absolute atomic E-state index is 0.0542. The average molecular weight is 391 g/mol. The molecule has 7 heteroatoms. The van der Waals surface area contributed by atoms with Gasteiger partial charge in [0.2, 0.25) is 10.0 Å². The van der Waals surface area contributed by atoms with Gasteiger partial charge in [0, 0.05) is 31.9 Å². The number of ether oxygens (including phenoxy) is 2. The molecule has 6 nitrogen and oxygen atoms in total. The Labute approximate surface area is 161 Å². The summed E-state index contributed by atoms with van der Waals surface area (Å²) in [5.41, 5.74) is 1.07. The molecule has 146 valence electrons. The molecule has 27 heavy (non-hydrogen) atoms. The van der Waals surface area contributed by atoms with Crippen LogP contribution in [0.1, 0.15) is 13.8 Å². The minimum atomic E-state index is -3.49. The summed E-state index contributed by atoms with van der Waals surface area (Å²) in [5.74, 6) is 1.48. The maximum Gasteiger partial charge on any atom is 0.243 e. The van der Waals surface area contributed by atoms with Gasteiger partial charge in [-0.1, -0.05) is 0 Å². The molecule has 1 aliphatic rings. The van der Waals surface area contributed by atoms with Crippen molar-refractivity contribution in [3.63, 3.8) is 0 Å². The molecular weight excluding hydrogens is 364 g/mol. The van der Waals surface area contributed by atoms with Gasteiger partial charge in [0.05, 0.1) is 18.1 Å². The molecule has 0 radical (unpaired) electrons. The lowest BCUT2D eigenvalue weighted by molar-refractivity contribution is 0.242. The maximum atomic E-state index is 12.9. The van der Waals surface area contributed by atoms with Crippen LogP contribution in [0.25, 0.3) is 0 Å². The molecule has 2 aromatic rings. The zero-order valence-corrected chi connectivity index (χ0v) is 16.8. The third kappa shape index (κ3) is 4.54. The van der Waals surface area contributed by atoms with Crippen LogP contribution in [-0.2, 0) is 10.0 Å². The summed E-state index contributed by atoms with van der Waals surface area (Å²) in [6.45, 7) is 6.09. The van der Waals surface area contributed by atoms with E-state index in [-0.39, 0.29) is 6.10 Å². The highest BCUT2D eigenvalue weighted by atomic mass is 32.2. The van der Waals surface area contributed by atoms with E-state index in [1.807, 2.05) is 38.1 Å². The molecular formula is C20H26N2O4S. The van der Waals surface area contributed by atoms with E-state index in [0.29, 0.717) is 36.8 Å². The number of hydrogen-bond donors (Lipinski definition) is 0. The van der Waals surface area contributed by atoms with Crippen LogP contribution in [0.15, 0.2) is 53.4 Å². The van der Waals surface area contributed by atoms with Gasteiger partial charge in [-0.05, 0) is 62.4 Å². The van der Waals surface area contributed by atoms with Gasteiger partial charge in [0.15, 0.2) is 0 Å². The molecule has 1 saturated heterocycles. The van der Waals surface area contributed by atoms with Gasteiger partial charge < -0.3 is 14.4 Å². The molecule has 1 fully saturated rings. The SMILES string of the molecule is COc1ccc(N2CCN(S(=O)(=O)c3ccc(OC(C)C)cc3)CC2)cc1. The van der Waals surface area contributed by atoms with Gasteiger partial charge in [0.1, 0.15) is 11.5 Å². The van der Waals surface area contributed by atoms with E-state index in [1.54, 1.807) is 35.7 Å². The molecule has 3 rings (SSSR count). The molecule has 0 unspecified atom stereocenters. The zero-order chi connectivity index (χ0) is 19.4. The lowest BCUT2D eigenvalue weighted by Crippen LogP contribution is -2.48. The van der Waals surface area contributed by atoms with Gasteiger partial charge in [0.25, 0.3) is 0 Å². The third-order valence-corrected chi connectivity index (χ3v) is 6.42. The normalized spacial score (nSPS) is 15.8. The van der Waals surface area contributed by atoms with Crippen molar-refractivity contribution >= 4 is 15.7 Å². The second kappa shape index (κ2) is 8.19. The molecule has 0 aromatic heterocycles. The topological polar surface area (TPSA) is 59.1 Å². The molecule has 0 bridgehead atoms. The molecule has 0 aliphatic carbocycles. The highest BCUT2D eigenvalue weighted by Crippen LogP contribution is 2.24. The first-order chi connectivity index (χ1) is 12.9. The van der Waals surface area contributed by atoms with Crippen molar-refractivity contribution in [2.24, 2.45) is 0 Å². The summed E-state index contributed by atoms with van der Waals surface area (Å²) >= 11 is 0. The van der Waals surface area contributed by atoms with Crippen LogP contribution in [0.2, 0.25) is 0 Å². The quantitative estimate of drug-likeness (QED) is 0.759. The van der Waals surface area contributed by atoms with Crippen molar-refractivity contribution < 1.29 is 17.9 Å². The van der Waals surface area contributed by atoms with Crippen LogP contribution in [0, 0.1) is 0 Å². The molecule has 2 aromatic carbocycles. The highest BCUT2D eigenvalue weighted by Gasteiger charge is 2.28. The standard InChI is InChI=1S/C20H26N2O4S/c1-16(2)26-19-8-10-20(11-9-19)27(23,24)22-14-12-21(13-15-22)17-4-6-18(25-3)7-5-17/h4-11,16H,12-15H2,1-3H3. The van der Waals surface area contributed by atoms with Crippen molar-refractivity contribution in [1.29, 1.82) is 0 Å². The summed E-state index contributed by atoms with van der Waals surface area (Å²) in [5, 5.41) is 0. The smallest absolute Gasteiger partial charge is 0.243 e. The maximum absolute atomic E-state index is 12.9. The number of piperazine rings is 1. The molecule has 0 N–H and O–H groups in total. The Hall–Kier alpha value is -2.25. The van der Waals surface area contributed by atoms with Gasteiger partial charge in [-0.15, -0.1) is 0 Å². The van der Waals surface area contributed by atoms with Crippen LogP contribution < -0.4 is 14.4 Å². The summed E-state index contributed by atoms with van der Waals surface area (Å²) in [7, 11) is -1.85. The van der Waals surface area contributed by atoms with Crippen LogP contribution in [0.5, 0.6) is 11.5 Å². The van der Waals surface area contributed by atoms with E-state index in [4.69, 9.17) is 9.47 Å². The zero-order valence-electron chi connectivity index (χ0n) is 16.0. The van der Waals surface area contributed by atoms with Crippen LogP contribution in [-0.4, -0.2) is 52.1 Å². The lowest BCUT2D eigenvalue weighted by atomic mass is 10.2. The van der Waals surface area contributed by atoms with Gasteiger partial charge in [-0.25, -0.2) is 8.42 Å². The summed E-state index contributed by atoms with van der Waals surface area (Å²) in [6.07, 6.45) is 0.0542. The Morgan fingerprint density at radius 2 is 1.41 bits per heavy atom. The Bertz CT molecular complexity index is 841. The highest BCUT2D eigenvalue weighted by molar-refractivity contribution is 7.89. The summed E-state index contributed by atoms with van der Waals surface area (Å²) in [6, 6.07) is 14.5. The molecule has 0 amide bonds. The second-order valence-electron chi connectivity index (χ2n) is 6.73. The number of anilines is 1. The van der Waals surface area contributed by atoms with E-state index < -0.39 is 10.0 Å². The van der Waals surface area contributed by atoms with Crippen LogP contribution in [0.3, 0.4) is 0 Å². The molecule has 0 atom stereocenters. The fraction of sp³-hybridized carbons (Fsp3) is 0.400. The van der Waals surface area contributed by atoms with Crippen molar-refractivity contribution in [1.82, 2.24) is 4.31 Å². The third-order valence-electron chi connectivity index (χ3n) is 4.51. The molecule has 1 aliphatic heterocycles. The predicted molar refractivity (Wildman–Crippen MR) is 106 cm³/mol. The van der Waals surface area contributed by atoms with E-state index in [1.165, 1.54) is 0 Å². The number of rotatable bonds is 6. The van der Waals surface area contributed by atoms with Gasteiger partial charge in [-0.3, -0.25) is 0 Å². The van der Waals surface area contributed by atoms with Crippen molar-refractivity contribution in [2.75, 3.05) is 38.2 Å². The van der Waals surface area contributed by atoms with Crippen LogP contribution in [0.4, 0.5) is 5.69 Å². The largest absolute Gasteiger partial charge is 0.497 e. The van der Waals surface area contributed by atoms with E-state index in [2.05, 4.69) is 4.90 Å². The minimum Gasteiger partial charge on any atom is -0.497 e. The Morgan fingerprint density at radius 3 is 1.93 bits per heavy atom. The predicted octanol–water partition coefficient (Wildman–Crippen LogP) is 2.99. The van der Waals surface area contributed by atoms with Crippen molar-refractivity contribution in [3.05, 3.63) is 48.5 Å². The van der Waals surface area contributed by atoms with Gasteiger partial charge in [-0.2, -0.15) is 4.31 Å². The monoisotopic (exact) mass is 390 g/mol. The van der Waals surface area contributed by atoms with Crippen LogP contribution >= 0.6 is 0 Å². The molecule has 1 heterocycles. The Morgan fingerprint density at radius 1 is 0.852 bits per heavy atom. The number of sulfonamides is 1. The molecule has 0 spiro atoms. The first-order valence-corrected chi connectivity index (χ1v) is 10.5. The Kier molecular flexibility index (Phi) is 5.92. The number of hydrogen-bond acceptors (Lipinski definition) is 5. The molecule has 0 saturated carbocycles. The fourth-order valence-electron chi connectivity index (χ4n) is 3.09. The summed E-state index contributed by atoms with van der Waals surface area (Å²) < 4.78 is 38.1. The number of benzene rings is 2. The van der Waals surface area contributed by atoms with Gasteiger partial charge >= 0.3 is 0 Å². The first-order valence-electron chi connectivity index (χ1n) is 9.06. The van der Waals surface area contributed by atoms with E-state index >= 15 is 0 Å². The van der Waals surface area contributed by atoms with Crippen molar-refractivity contribution in [2.45, 2.75) is 24.8 Å². The average Bonchev–Trinajstić information content (AvgIpc) is 2.68. The first kappa shape index (κ1) is 19.5.